The Kier molecular flexibility index (Phi) is 9.72. The molecule has 0 saturated carbocycles. The molecule has 0 aromatic heterocycles. The van der Waals surface area contributed by atoms with Gasteiger partial charge >= 0.3 is 11.9 Å². The van der Waals surface area contributed by atoms with Gasteiger partial charge in [0.1, 0.15) is 0 Å². The standard InChI is InChI=1S/C13H15N2O3P.C2H6/c1-2-18-13(17)12(16)15-11(19)8-10(14)9-6-4-3-5-7-9;1-2/h3-8H,2,14,19H2,1H3;1-2H3/b10-8-,15-11?;. The molecular weight excluding hydrogens is 287 g/mol. The minimum Gasteiger partial charge on any atom is -0.459 e. The van der Waals surface area contributed by atoms with Gasteiger partial charge in [-0.2, -0.15) is 0 Å². The SMILES string of the molecule is CC.CCOC(=O)C(=O)N=C(P)/C=C(\N)c1ccccc1. The number of nitrogens with zero attached hydrogens (tertiary/aromatic N) is 1. The van der Waals surface area contributed by atoms with Crippen LogP contribution in [0.4, 0.5) is 0 Å². The van der Waals surface area contributed by atoms with Gasteiger partial charge < -0.3 is 10.5 Å². The van der Waals surface area contributed by atoms with Crippen molar-refractivity contribution < 1.29 is 14.3 Å². The van der Waals surface area contributed by atoms with Gasteiger partial charge in [0, 0.05) is 5.70 Å². The Bertz CT molecular complexity index is 525. The molecule has 1 unspecified atom stereocenters. The number of allylic oxidation sites excluding steroid dienone is 1. The minimum absolute atomic E-state index is 0.133. The topological polar surface area (TPSA) is 81.8 Å². The van der Waals surface area contributed by atoms with Crippen LogP contribution in [0.25, 0.3) is 5.70 Å². The number of carbonyl (C=O) groups is 2. The van der Waals surface area contributed by atoms with Crippen LogP contribution < -0.4 is 5.73 Å². The molecule has 0 fully saturated rings. The summed E-state index contributed by atoms with van der Waals surface area (Å²) in [5, 5.41) is 0. The highest BCUT2D eigenvalue weighted by atomic mass is 31.0. The van der Waals surface area contributed by atoms with Gasteiger partial charge in [-0.05, 0) is 18.6 Å². The first-order valence-corrected chi connectivity index (χ1v) is 7.20. The maximum Gasteiger partial charge on any atom is 0.399 e. The fourth-order valence-electron chi connectivity index (χ4n) is 1.26. The zero-order valence-corrected chi connectivity index (χ0v) is 13.7. The van der Waals surface area contributed by atoms with Gasteiger partial charge in [-0.3, -0.25) is 4.79 Å². The second kappa shape index (κ2) is 10.7. The number of aliphatic imine (C=N–C) groups is 1. The van der Waals surface area contributed by atoms with E-state index in [9.17, 15) is 9.59 Å². The van der Waals surface area contributed by atoms with Gasteiger partial charge in [-0.1, -0.05) is 53.4 Å². The Morgan fingerprint density at radius 1 is 1.29 bits per heavy atom. The lowest BCUT2D eigenvalue weighted by Gasteiger charge is -2.01. The number of hydrogen-bond acceptors (Lipinski definition) is 4. The van der Waals surface area contributed by atoms with Gasteiger partial charge in [0.05, 0.1) is 12.1 Å². The third-order valence-electron chi connectivity index (χ3n) is 2.09. The van der Waals surface area contributed by atoms with Crippen LogP contribution in [0.1, 0.15) is 26.3 Å². The van der Waals surface area contributed by atoms with Crippen molar-refractivity contribution in [3.05, 3.63) is 42.0 Å². The zero-order chi connectivity index (χ0) is 16.3. The predicted octanol–water partition coefficient (Wildman–Crippen LogP) is 2.38. The summed E-state index contributed by atoms with van der Waals surface area (Å²) in [5.74, 6) is -1.93. The Hall–Kier alpha value is -2.00. The minimum atomic E-state index is -0.978. The molecule has 1 amide bonds. The maximum absolute atomic E-state index is 11.3. The van der Waals surface area contributed by atoms with Crippen molar-refractivity contribution in [2.24, 2.45) is 10.7 Å². The summed E-state index contributed by atoms with van der Waals surface area (Å²) >= 11 is 0. The second-order valence-corrected chi connectivity index (χ2v) is 4.12. The van der Waals surface area contributed by atoms with E-state index in [2.05, 4.69) is 19.0 Å². The number of hydrogen-bond donors (Lipinski definition) is 1. The first-order valence-electron chi connectivity index (χ1n) is 6.62. The molecule has 5 nitrogen and oxygen atoms in total. The van der Waals surface area contributed by atoms with E-state index in [1.807, 2.05) is 44.2 Å². The monoisotopic (exact) mass is 308 g/mol. The number of ether oxygens (including phenoxy) is 1. The third-order valence-corrected chi connectivity index (χ3v) is 2.39. The van der Waals surface area contributed by atoms with Crippen LogP contribution in [0.5, 0.6) is 0 Å². The molecule has 2 N–H and O–H groups in total. The van der Waals surface area contributed by atoms with Gasteiger partial charge in [-0.25, -0.2) is 9.79 Å². The van der Waals surface area contributed by atoms with E-state index < -0.39 is 11.9 Å². The first-order chi connectivity index (χ1) is 10.0. The van der Waals surface area contributed by atoms with Gasteiger partial charge in [-0.15, -0.1) is 0 Å². The molecule has 0 aliphatic carbocycles. The molecule has 1 aromatic carbocycles. The number of esters is 1. The van der Waals surface area contributed by atoms with Crippen molar-refractivity contribution in [3.63, 3.8) is 0 Å². The molecule has 1 rings (SSSR count). The molecule has 6 heteroatoms. The van der Waals surface area contributed by atoms with E-state index in [0.29, 0.717) is 5.70 Å². The fraction of sp³-hybridized carbons (Fsp3) is 0.267. The Labute approximate surface area is 127 Å². The number of carbonyl (C=O) groups excluding carboxylic acids is 2. The van der Waals surface area contributed by atoms with Crippen molar-refractivity contribution >= 4 is 32.3 Å². The molecule has 114 valence electrons. The first kappa shape index (κ1) is 19.0. The third kappa shape index (κ3) is 7.37. The summed E-state index contributed by atoms with van der Waals surface area (Å²) < 4.78 is 4.54. The summed E-state index contributed by atoms with van der Waals surface area (Å²) in [6, 6.07) is 9.23. The van der Waals surface area contributed by atoms with E-state index in [-0.39, 0.29) is 12.1 Å². The van der Waals surface area contributed by atoms with Gasteiger partial charge in [0.15, 0.2) is 0 Å². The second-order valence-electron chi connectivity index (χ2n) is 3.53. The zero-order valence-electron chi connectivity index (χ0n) is 12.5. The Morgan fingerprint density at radius 3 is 2.38 bits per heavy atom. The molecule has 21 heavy (non-hydrogen) atoms. The highest BCUT2D eigenvalue weighted by Gasteiger charge is 2.13. The van der Waals surface area contributed by atoms with Crippen LogP contribution in [0.2, 0.25) is 0 Å². The van der Waals surface area contributed by atoms with Crippen molar-refractivity contribution in [1.29, 1.82) is 0 Å². The molecule has 0 aliphatic rings. The number of rotatable bonds is 3. The van der Waals surface area contributed by atoms with Crippen LogP contribution in [0.15, 0.2) is 41.4 Å². The van der Waals surface area contributed by atoms with Crippen molar-refractivity contribution in [2.75, 3.05) is 6.61 Å². The number of nitrogens with two attached hydrogens (primary N) is 1. The summed E-state index contributed by atoms with van der Waals surface area (Å²) in [7, 11) is 2.24. The molecule has 0 bridgehead atoms. The van der Waals surface area contributed by atoms with Crippen LogP contribution in [0, 0.1) is 0 Å². The summed E-state index contributed by atoms with van der Waals surface area (Å²) in [6.07, 6.45) is 1.50. The highest BCUT2D eigenvalue weighted by molar-refractivity contribution is 7.41. The van der Waals surface area contributed by atoms with Crippen LogP contribution in [0.3, 0.4) is 0 Å². The van der Waals surface area contributed by atoms with E-state index in [1.165, 1.54) is 6.08 Å². The average Bonchev–Trinajstić information content (AvgIpc) is 2.50. The van der Waals surface area contributed by atoms with Crippen LogP contribution in [-0.2, 0) is 14.3 Å². The molecule has 0 heterocycles. The molecule has 0 radical (unpaired) electrons. The summed E-state index contributed by atoms with van der Waals surface area (Å²) in [5.41, 5.74) is 7.37. The quantitative estimate of drug-likeness (QED) is 0.402. The van der Waals surface area contributed by atoms with Crippen molar-refractivity contribution in [3.8, 4) is 0 Å². The van der Waals surface area contributed by atoms with Crippen molar-refractivity contribution in [2.45, 2.75) is 20.8 Å². The van der Waals surface area contributed by atoms with Crippen LogP contribution >= 0.6 is 9.24 Å². The maximum atomic E-state index is 11.3. The van der Waals surface area contributed by atoms with Crippen LogP contribution in [-0.4, -0.2) is 23.9 Å². The smallest absolute Gasteiger partial charge is 0.399 e. The Morgan fingerprint density at radius 2 is 1.86 bits per heavy atom. The number of amides is 1. The van der Waals surface area contributed by atoms with Crippen molar-refractivity contribution in [1.82, 2.24) is 0 Å². The molecule has 1 atom stereocenters. The van der Waals surface area contributed by atoms with E-state index >= 15 is 0 Å². The largest absolute Gasteiger partial charge is 0.459 e. The highest BCUT2D eigenvalue weighted by Crippen LogP contribution is 2.09. The molecule has 0 saturated heterocycles. The summed E-state index contributed by atoms with van der Waals surface area (Å²) in [4.78, 5) is 26.0. The lowest BCUT2D eigenvalue weighted by molar-refractivity contribution is -0.152. The number of benzene rings is 1. The Balaban J connectivity index is 0.00000191. The molecule has 0 spiro atoms. The lowest BCUT2D eigenvalue weighted by atomic mass is 10.1. The lowest BCUT2D eigenvalue weighted by Crippen LogP contribution is -2.15. The fourth-order valence-corrected chi connectivity index (χ4v) is 1.56. The predicted molar refractivity (Wildman–Crippen MR) is 88.7 cm³/mol. The average molecular weight is 308 g/mol. The van der Waals surface area contributed by atoms with Gasteiger partial charge in [0.25, 0.3) is 0 Å². The molecule has 1 aromatic rings. The summed E-state index contributed by atoms with van der Waals surface area (Å²) in [6.45, 7) is 5.75. The van der Waals surface area contributed by atoms with E-state index in [0.717, 1.165) is 5.56 Å². The molecule has 0 aliphatic heterocycles. The van der Waals surface area contributed by atoms with Gasteiger partial charge in [0.2, 0.25) is 0 Å². The van der Waals surface area contributed by atoms with E-state index in [1.54, 1.807) is 6.92 Å². The normalized spacial score (nSPS) is 11.2. The van der Waals surface area contributed by atoms with E-state index in [4.69, 9.17) is 5.73 Å². The molecular formula is C15H21N2O3P.